The van der Waals surface area contributed by atoms with E-state index in [0.717, 1.165) is 36.8 Å². The van der Waals surface area contributed by atoms with Crippen molar-refractivity contribution in [2.24, 2.45) is 4.99 Å². The van der Waals surface area contributed by atoms with Crippen molar-refractivity contribution in [3.63, 3.8) is 0 Å². The Hall–Kier alpha value is -1.61. The molecule has 1 aromatic heterocycles. The monoisotopic (exact) mass is 474 g/mol. The predicted octanol–water partition coefficient (Wildman–Crippen LogP) is 3.44. The van der Waals surface area contributed by atoms with E-state index in [-0.39, 0.29) is 35.8 Å². The molecule has 0 bridgehead atoms. The zero-order chi connectivity index (χ0) is 18.1. The second kappa shape index (κ2) is 11.9. The first kappa shape index (κ1) is 22.4. The maximum absolute atomic E-state index is 13.5. The normalized spacial score (nSPS) is 12.6. The number of nitrogens with one attached hydrogen (secondary N) is 2. The van der Waals surface area contributed by atoms with Gasteiger partial charge in [-0.1, -0.05) is 12.1 Å². The molecule has 0 saturated heterocycles. The van der Waals surface area contributed by atoms with Crippen LogP contribution in [0.3, 0.4) is 0 Å². The van der Waals surface area contributed by atoms with Crippen LogP contribution in [0.15, 0.2) is 52.1 Å². The molecule has 144 valence electrons. The van der Waals surface area contributed by atoms with Crippen molar-refractivity contribution in [3.8, 4) is 0 Å². The number of benzene rings is 1. The Bertz CT molecular complexity index is 661. The average molecular weight is 474 g/mol. The van der Waals surface area contributed by atoms with Crippen molar-refractivity contribution in [1.82, 2.24) is 15.5 Å². The lowest BCUT2D eigenvalue weighted by atomic mass is 10.1. The van der Waals surface area contributed by atoms with Crippen LogP contribution >= 0.6 is 24.0 Å². The fourth-order valence-corrected chi connectivity index (χ4v) is 2.56. The van der Waals surface area contributed by atoms with Crippen LogP contribution < -0.4 is 10.6 Å². The smallest absolute Gasteiger partial charge is 0.191 e. The van der Waals surface area contributed by atoms with Crippen LogP contribution in [0.5, 0.6) is 0 Å². The molecule has 0 aliphatic rings. The lowest BCUT2D eigenvalue weighted by Gasteiger charge is -2.23. The van der Waals surface area contributed by atoms with E-state index in [0.29, 0.717) is 6.54 Å². The Labute approximate surface area is 172 Å². The number of aliphatic imine (C=N–C) groups is 1. The second-order valence-electron chi connectivity index (χ2n) is 6.01. The topological polar surface area (TPSA) is 52.8 Å². The van der Waals surface area contributed by atoms with Crippen LogP contribution in [0.4, 0.5) is 4.39 Å². The molecule has 0 saturated carbocycles. The van der Waals surface area contributed by atoms with Crippen molar-refractivity contribution < 1.29 is 8.81 Å². The van der Waals surface area contributed by atoms with E-state index in [1.54, 1.807) is 18.4 Å². The number of hydrogen-bond donors (Lipinski definition) is 2. The van der Waals surface area contributed by atoms with Crippen LogP contribution in [0.25, 0.3) is 0 Å². The van der Waals surface area contributed by atoms with E-state index in [4.69, 9.17) is 4.42 Å². The Balaban J connectivity index is 0.00000338. The van der Waals surface area contributed by atoms with Gasteiger partial charge in [-0.15, -0.1) is 24.0 Å². The van der Waals surface area contributed by atoms with Gasteiger partial charge in [0, 0.05) is 19.5 Å². The summed E-state index contributed by atoms with van der Waals surface area (Å²) in [5.74, 6) is 1.46. The molecule has 1 atom stereocenters. The molecule has 2 rings (SSSR count). The van der Waals surface area contributed by atoms with E-state index >= 15 is 0 Å². The molecular formula is C19H28FIN4O. The molecule has 1 heterocycles. The number of furan rings is 1. The molecule has 0 amide bonds. The zero-order valence-corrected chi connectivity index (χ0v) is 17.9. The van der Waals surface area contributed by atoms with Crippen molar-refractivity contribution in [3.05, 3.63) is 59.8 Å². The molecule has 2 aromatic rings. The van der Waals surface area contributed by atoms with E-state index in [2.05, 4.69) is 15.6 Å². The summed E-state index contributed by atoms with van der Waals surface area (Å²) in [5, 5.41) is 6.54. The third-order valence-corrected chi connectivity index (χ3v) is 3.87. The first-order chi connectivity index (χ1) is 12.1. The Morgan fingerprint density at radius 1 is 1.23 bits per heavy atom. The Morgan fingerprint density at radius 3 is 2.65 bits per heavy atom. The number of hydrogen-bond acceptors (Lipinski definition) is 3. The molecule has 0 aliphatic carbocycles. The van der Waals surface area contributed by atoms with E-state index in [9.17, 15) is 4.39 Å². The molecule has 7 heteroatoms. The number of rotatable bonds is 8. The summed E-state index contributed by atoms with van der Waals surface area (Å²) in [7, 11) is 3.95. The van der Waals surface area contributed by atoms with Gasteiger partial charge in [0.25, 0.3) is 0 Å². The standard InChI is InChI=1S/C19H27FN4O.HI/c1-4-21-19(22-11-10-17-9-6-12-25-17)23-14-18(24(2)3)15-7-5-8-16(20)13-15;/h5-9,12-13,18H,4,10-11,14H2,1-3H3,(H2,21,22,23);1H. The lowest BCUT2D eigenvalue weighted by molar-refractivity contribution is 0.305. The molecule has 0 radical (unpaired) electrons. The molecule has 1 unspecified atom stereocenters. The van der Waals surface area contributed by atoms with Crippen molar-refractivity contribution in [1.29, 1.82) is 0 Å². The van der Waals surface area contributed by atoms with Gasteiger partial charge in [0.15, 0.2) is 5.96 Å². The quantitative estimate of drug-likeness (QED) is 0.350. The first-order valence-corrected chi connectivity index (χ1v) is 8.56. The predicted molar refractivity (Wildman–Crippen MR) is 115 cm³/mol. The highest BCUT2D eigenvalue weighted by atomic mass is 127. The third-order valence-electron chi connectivity index (χ3n) is 3.87. The van der Waals surface area contributed by atoms with Gasteiger partial charge in [0.05, 0.1) is 18.8 Å². The third kappa shape index (κ3) is 7.33. The summed E-state index contributed by atoms with van der Waals surface area (Å²) >= 11 is 0. The highest BCUT2D eigenvalue weighted by Gasteiger charge is 2.14. The second-order valence-corrected chi connectivity index (χ2v) is 6.01. The minimum atomic E-state index is -0.225. The molecular weight excluding hydrogens is 446 g/mol. The first-order valence-electron chi connectivity index (χ1n) is 8.56. The number of guanidine groups is 1. The number of likely N-dealkylation sites (N-methyl/N-ethyl adjacent to an activating group) is 1. The maximum atomic E-state index is 13.5. The minimum Gasteiger partial charge on any atom is -0.469 e. The summed E-state index contributed by atoms with van der Waals surface area (Å²) in [6.07, 6.45) is 2.47. The highest BCUT2D eigenvalue weighted by molar-refractivity contribution is 14.0. The van der Waals surface area contributed by atoms with Gasteiger partial charge in [-0.2, -0.15) is 0 Å². The van der Waals surface area contributed by atoms with Crippen LogP contribution in [0.2, 0.25) is 0 Å². The fourth-order valence-electron chi connectivity index (χ4n) is 2.56. The summed E-state index contributed by atoms with van der Waals surface area (Å²) in [5.41, 5.74) is 0.917. The van der Waals surface area contributed by atoms with Gasteiger partial charge in [0.2, 0.25) is 0 Å². The van der Waals surface area contributed by atoms with Crippen LogP contribution in [0.1, 0.15) is 24.3 Å². The van der Waals surface area contributed by atoms with E-state index < -0.39 is 0 Å². The van der Waals surface area contributed by atoms with Crippen LogP contribution in [0, 0.1) is 5.82 Å². The van der Waals surface area contributed by atoms with Gasteiger partial charge < -0.3 is 20.0 Å². The van der Waals surface area contributed by atoms with Gasteiger partial charge >= 0.3 is 0 Å². The summed E-state index contributed by atoms with van der Waals surface area (Å²) in [6, 6.07) is 10.5. The lowest BCUT2D eigenvalue weighted by Crippen LogP contribution is -2.39. The Morgan fingerprint density at radius 2 is 2.04 bits per heavy atom. The van der Waals surface area contributed by atoms with Crippen LogP contribution in [-0.4, -0.2) is 44.6 Å². The van der Waals surface area contributed by atoms with E-state index in [1.807, 2.05) is 44.1 Å². The SMILES string of the molecule is CCNC(=NCC(c1cccc(F)c1)N(C)C)NCCc1ccco1.I. The van der Waals surface area contributed by atoms with Gasteiger partial charge in [-0.3, -0.25) is 4.99 Å². The number of nitrogens with zero attached hydrogens (tertiary/aromatic N) is 2. The van der Waals surface area contributed by atoms with Gasteiger partial charge in [0.1, 0.15) is 11.6 Å². The molecule has 0 spiro atoms. The van der Waals surface area contributed by atoms with Gasteiger partial charge in [-0.05, 0) is 50.8 Å². The van der Waals surface area contributed by atoms with Gasteiger partial charge in [-0.25, -0.2) is 4.39 Å². The van der Waals surface area contributed by atoms with Crippen molar-refractivity contribution >= 4 is 29.9 Å². The van der Waals surface area contributed by atoms with E-state index in [1.165, 1.54) is 6.07 Å². The zero-order valence-electron chi connectivity index (χ0n) is 15.5. The van der Waals surface area contributed by atoms with Crippen LogP contribution in [-0.2, 0) is 6.42 Å². The van der Waals surface area contributed by atoms with Crippen molar-refractivity contribution in [2.75, 3.05) is 33.7 Å². The molecule has 0 fully saturated rings. The molecule has 2 N–H and O–H groups in total. The summed E-state index contributed by atoms with van der Waals surface area (Å²) in [6.45, 7) is 4.07. The largest absolute Gasteiger partial charge is 0.469 e. The number of halogens is 2. The highest BCUT2D eigenvalue weighted by Crippen LogP contribution is 2.19. The fraction of sp³-hybridized carbons (Fsp3) is 0.421. The molecule has 1 aromatic carbocycles. The molecule has 26 heavy (non-hydrogen) atoms. The molecule has 5 nitrogen and oxygen atoms in total. The minimum absolute atomic E-state index is 0. The average Bonchev–Trinajstić information content (AvgIpc) is 3.08. The molecule has 0 aliphatic heterocycles. The van der Waals surface area contributed by atoms with Crippen molar-refractivity contribution in [2.45, 2.75) is 19.4 Å². The summed E-state index contributed by atoms with van der Waals surface area (Å²) in [4.78, 5) is 6.71. The Kier molecular flexibility index (Phi) is 10.3. The summed E-state index contributed by atoms with van der Waals surface area (Å²) < 4.78 is 18.9. The maximum Gasteiger partial charge on any atom is 0.191 e.